The Labute approximate surface area is 121 Å². The third-order valence-corrected chi connectivity index (χ3v) is 3.85. The van der Waals surface area contributed by atoms with Crippen LogP contribution >= 0.6 is 0 Å². The molecule has 1 unspecified atom stereocenters. The Hall–Kier alpha value is -1.55. The number of benzene rings is 1. The summed E-state index contributed by atoms with van der Waals surface area (Å²) in [6.07, 6.45) is 4.09. The van der Waals surface area contributed by atoms with Crippen LogP contribution in [0, 0.1) is 5.92 Å². The first-order chi connectivity index (χ1) is 9.65. The number of rotatable bonds is 5. The molecule has 0 radical (unpaired) electrons. The lowest BCUT2D eigenvalue weighted by molar-refractivity contribution is -0.116. The van der Waals surface area contributed by atoms with Crippen LogP contribution in [0.3, 0.4) is 0 Å². The van der Waals surface area contributed by atoms with Crippen molar-refractivity contribution in [1.29, 1.82) is 0 Å². The average molecular weight is 275 g/mol. The molecule has 0 saturated carbocycles. The molecule has 1 atom stereocenters. The molecule has 1 aliphatic heterocycles. The van der Waals surface area contributed by atoms with Gasteiger partial charge < -0.3 is 16.0 Å². The van der Waals surface area contributed by atoms with Crippen molar-refractivity contribution >= 4 is 17.3 Å². The molecule has 1 aromatic carbocycles. The molecule has 2 rings (SSSR count). The summed E-state index contributed by atoms with van der Waals surface area (Å²) in [6, 6.07) is 7.37. The average Bonchev–Trinajstić information content (AvgIpc) is 2.41. The van der Waals surface area contributed by atoms with Gasteiger partial charge in [0, 0.05) is 13.0 Å². The molecule has 0 aromatic heterocycles. The van der Waals surface area contributed by atoms with E-state index in [1.54, 1.807) is 6.07 Å². The van der Waals surface area contributed by atoms with Gasteiger partial charge in [0.05, 0.1) is 11.4 Å². The zero-order valence-corrected chi connectivity index (χ0v) is 12.3. The van der Waals surface area contributed by atoms with Crippen molar-refractivity contribution < 1.29 is 4.79 Å². The summed E-state index contributed by atoms with van der Waals surface area (Å²) in [4.78, 5) is 14.4. The highest BCUT2D eigenvalue weighted by molar-refractivity contribution is 5.93. The lowest BCUT2D eigenvalue weighted by Crippen LogP contribution is -2.35. The van der Waals surface area contributed by atoms with Gasteiger partial charge in [-0.25, -0.2) is 0 Å². The van der Waals surface area contributed by atoms with Crippen molar-refractivity contribution in [1.82, 2.24) is 4.90 Å². The Balaban J connectivity index is 1.69. The Morgan fingerprint density at radius 3 is 3.00 bits per heavy atom. The standard InChI is InChI=1S/C16H25N3O/c1-13-6-4-10-19(12-13)11-5-9-16(20)18-15-8-3-2-7-14(15)17/h2-3,7-8,13H,4-6,9-12,17H2,1H3,(H,18,20). The van der Waals surface area contributed by atoms with Crippen LogP contribution in [-0.4, -0.2) is 30.4 Å². The topological polar surface area (TPSA) is 58.4 Å². The predicted molar refractivity (Wildman–Crippen MR) is 83.6 cm³/mol. The Kier molecular flexibility index (Phi) is 5.41. The van der Waals surface area contributed by atoms with Crippen molar-refractivity contribution in [3.63, 3.8) is 0 Å². The number of nitrogens with two attached hydrogens (primary N) is 1. The van der Waals surface area contributed by atoms with Crippen LogP contribution in [0.15, 0.2) is 24.3 Å². The molecule has 3 N–H and O–H groups in total. The van der Waals surface area contributed by atoms with E-state index in [9.17, 15) is 4.79 Å². The highest BCUT2D eigenvalue weighted by Gasteiger charge is 2.15. The lowest BCUT2D eigenvalue weighted by Gasteiger charge is -2.30. The first-order valence-electron chi connectivity index (χ1n) is 7.52. The molecule has 1 aliphatic rings. The van der Waals surface area contributed by atoms with Crippen molar-refractivity contribution in [2.45, 2.75) is 32.6 Å². The lowest BCUT2D eigenvalue weighted by atomic mass is 10.0. The van der Waals surface area contributed by atoms with E-state index in [4.69, 9.17) is 5.73 Å². The SMILES string of the molecule is CC1CCCN(CCCC(=O)Nc2ccccc2N)C1. The maximum Gasteiger partial charge on any atom is 0.224 e. The quantitative estimate of drug-likeness (QED) is 0.812. The highest BCUT2D eigenvalue weighted by Crippen LogP contribution is 2.18. The second-order valence-corrected chi connectivity index (χ2v) is 5.79. The molecule has 1 amide bonds. The molecular weight excluding hydrogens is 250 g/mol. The number of para-hydroxylation sites is 2. The fourth-order valence-electron chi connectivity index (χ4n) is 2.78. The summed E-state index contributed by atoms with van der Waals surface area (Å²) in [5, 5.41) is 2.87. The molecule has 4 nitrogen and oxygen atoms in total. The summed E-state index contributed by atoms with van der Waals surface area (Å²) < 4.78 is 0. The number of nitrogen functional groups attached to an aromatic ring is 1. The van der Waals surface area contributed by atoms with E-state index >= 15 is 0 Å². The van der Waals surface area contributed by atoms with E-state index in [0.29, 0.717) is 17.8 Å². The number of nitrogens with one attached hydrogen (secondary N) is 1. The van der Waals surface area contributed by atoms with Crippen molar-refractivity contribution in [2.75, 3.05) is 30.7 Å². The van der Waals surface area contributed by atoms with Crippen LogP contribution in [0.25, 0.3) is 0 Å². The normalized spacial score (nSPS) is 19.8. The Bertz CT molecular complexity index is 447. The Morgan fingerprint density at radius 1 is 1.45 bits per heavy atom. The van der Waals surface area contributed by atoms with Crippen LogP contribution in [0.4, 0.5) is 11.4 Å². The van der Waals surface area contributed by atoms with Gasteiger partial charge in [-0.1, -0.05) is 19.1 Å². The van der Waals surface area contributed by atoms with Crippen LogP contribution in [-0.2, 0) is 4.79 Å². The van der Waals surface area contributed by atoms with Crippen LogP contribution in [0.5, 0.6) is 0 Å². The minimum atomic E-state index is 0.0490. The third kappa shape index (κ3) is 4.53. The first kappa shape index (κ1) is 14.9. The number of piperidine rings is 1. The molecule has 1 fully saturated rings. The summed E-state index contributed by atoms with van der Waals surface area (Å²) in [7, 11) is 0. The molecule has 0 spiro atoms. The van der Waals surface area contributed by atoms with Gasteiger partial charge in [0.2, 0.25) is 5.91 Å². The van der Waals surface area contributed by atoms with Crippen LogP contribution in [0.1, 0.15) is 32.6 Å². The summed E-state index contributed by atoms with van der Waals surface area (Å²) in [5.74, 6) is 0.842. The van der Waals surface area contributed by atoms with Gasteiger partial charge in [0.1, 0.15) is 0 Å². The van der Waals surface area contributed by atoms with E-state index in [-0.39, 0.29) is 5.91 Å². The van der Waals surface area contributed by atoms with E-state index in [0.717, 1.165) is 18.9 Å². The second kappa shape index (κ2) is 7.29. The maximum absolute atomic E-state index is 11.9. The van der Waals surface area contributed by atoms with Gasteiger partial charge >= 0.3 is 0 Å². The second-order valence-electron chi connectivity index (χ2n) is 5.79. The van der Waals surface area contributed by atoms with Crippen LogP contribution < -0.4 is 11.1 Å². The minimum absolute atomic E-state index is 0.0490. The number of anilines is 2. The molecule has 1 heterocycles. The van der Waals surface area contributed by atoms with Crippen LogP contribution in [0.2, 0.25) is 0 Å². The fourth-order valence-corrected chi connectivity index (χ4v) is 2.78. The number of hydrogen-bond donors (Lipinski definition) is 2. The van der Waals surface area contributed by atoms with Gasteiger partial charge in [-0.05, 0) is 50.4 Å². The molecule has 4 heteroatoms. The van der Waals surface area contributed by atoms with Gasteiger partial charge in [0.25, 0.3) is 0 Å². The number of nitrogens with zero attached hydrogens (tertiary/aromatic N) is 1. The number of carbonyl (C=O) groups excluding carboxylic acids is 1. The number of carbonyl (C=O) groups is 1. The molecule has 0 aliphatic carbocycles. The summed E-state index contributed by atoms with van der Waals surface area (Å²) >= 11 is 0. The first-order valence-corrected chi connectivity index (χ1v) is 7.52. The largest absolute Gasteiger partial charge is 0.397 e. The highest BCUT2D eigenvalue weighted by atomic mass is 16.1. The molecule has 1 aromatic rings. The monoisotopic (exact) mass is 275 g/mol. The predicted octanol–water partition coefficient (Wildman–Crippen LogP) is 2.72. The molecule has 1 saturated heterocycles. The van der Waals surface area contributed by atoms with E-state index in [1.807, 2.05) is 18.2 Å². The zero-order chi connectivity index (χ0) is 14.4. The van der Waals surface area contributed by atoms with Gasteiger partial charge in [-0.2, -0.15) is 0 Å². The third-order valence-electron chi connectivity index (χ3n) is 3.85. The number of amides is 1. The van der Waals surface area contributed by atoms with Gasteiger partial charge in [-0.15, -0.1) is 0 Å². The number of hydrogen-bond acceptors (Lipinski definition) is 3. The van der Waals surface area contributed by atoms with Crippen molar-refractivity contribution in [3.8, 4) is 0 Å². The van der Waals surface area contributed by atoms with E-state index < -0.39 is 0 Å². The molecular formula is C16H25N3O. The van der Waals surface area contributed by atoms with E-state index in [2.05, 4.69) is 17.1 Å². The minimum Gasteiger partial charge on any atom is -0.397 e. The maximum atomic E-state index is 11.9. The molecule has 0 bridgehead atoms. The van der Waals surface area contributed by atoms with Gasteiger partial charge in [0.15, 0.2) is 0 Å². The summed E-state index contributed by atoms with van der Waals surface area (Å²) in [6.45, 7) is 5.67. The molecule has 110 valence electrons. The molecule has 20 heavy (non-hydrogen) atoms. The van der Waals surface area contributed by atoms with Gasteiger partial charge in [-0.3, -0.25) is 4.79 Å². The number of likely N-dealkylation sites (tertiary alicyclic amines) is 1. The smallest absolute Gasteiger partial charge is 0.224 e. The van der Waals surface area contributed by atoms with E-state index in [1.165, 1.54) is 25.9 Å². The Morgan fingerprint density at radius 2 is 2.25 bits per heavy atom. The zero-order valence-electron chi connectivity index (χ0n) is 12.3. The van der Waals surface area contributed by atoms with Crippen molar-refractivity contribution in [3.05, 3.63) is 24.3 Å². The summed E-state index contributed by atoms with van der Waals surface area (Å²) in [5.41, 5.74) is 7.14. The fraction of sp³-hybridized carbons (Fsp3) is 0.562. The van der Waals surface area contributed by atoms with Crippen molar-refractivity contribution in [2.24, 2.45) is 5.92 Å².